The summed E-state index contributed by atoms with van der Waals surface area (Å²) >= 11 is 0. The van der Waals surface area contributed by atoms with Crippen LogP contribution < -0.4 is 11.5 Å². The van der Waals surface area contributed by atoms with Gasteiger partial charge in [0.15, 0.2) is 15.6 Å². The highest BCUT2D eigenvalue weighted by Crippen LogP contribution is 2.36. The predicted octanol–water partition coefficient (Wildman–Crippen LogP) is 2.26. The van der Waals surface area contributed by atoms with Gasteiger partial charge in [-0.05, 0) is 30.2 Å². The molecule has 0 amide bonds. The highest BCUT2D eigenvalue weighted by Gasteiger charge is 2.44. The van der Waals surface area contributed by atoms with Crippen molar-refractivity contribution in [2.75, 3.05) is 0 Å². The third-order valence-electron chi connectivity index (χ3n) is 5.97. The minimum absolute atomic E-state index is 0.145. The van der Waals surface area contributed by atoms with E-state index in [9.17, 15) is 18.0 Å². The van der Waals surface area contributed by atoms with Crippen LogP contribution in [0.2, 0.25) is 0 Å². The zero-order chi connectivity index (χ0) is 21.9. The Kier molecular flexibility index (Phi) is 6.90. The molecule has 0 saturated heterocycles. The molecule has 2 unspecified atom stereocenters. The Morgan fingerprint density at radius 1 is 1.00 bits per heavy atom. The number of sulfone groups is 1. The van der Waals surface area contributed by atoms with E-state index < -0.39 is 45.3 Å². The molecule has 1 fully saturated rings. The van der Waals surface area contributed by atoms with Crippen molar-refractivity contribution < 1.29 is 23.1 Å². The number of carbonyl (C=O) groups excluding carboxylic acids is 1. The average Bonchev–Trinajstić information content (AvgIpc) is 2.72. The maximum Gasteiger partial charge on any atom is 0.305 e. The Bertz CT molecular complexity index is 1030. The van der Waals surface area contributed by atoms with Crippen LogP contribution in [0.4, 0.5) is 0 Å². The fourth-order valence-electron chi connectivity index (χ4n) is 4.49. The number of hydrogen-bond acceptors (Lipinski definition) is 6. The van der Waals surface area contributed by atoms with E-state index in [1.165, 1.54) is 0 Å². The van der Waals surface area contributed by atoms with Crippen molar-refractivity contribution in [2.45, 2.75) is 60.8 Å². The number of ketones is 1. The standard InChI is InChI=1S/C22H28N2O5S/c23-17(13-19(25)26)21(27)20(24)22(15-8-2-1-3-9-15)30(28,29)18-12-6-10-14-7-4-5-11-16(14)18/h4-7,10-12,15,17,20,22H,1-3,8-9,13,23-24H2,(H,25,26)/t17-,20?,22?/m0/s1. The number of benzene rings is 2. The molecule has 0 aliphatic heterocycles. The molecule has 0 aromatic heterocycles. The minimum Gasteiger partial charge on any atom is -0.481 e. The first-order chi connectivity index (χ1) is 14.2. The van der Waals surface area contributed by atoms with Crippen molar-refractivity contribution in [2.24, 2.45) is 17.4 Å². The highest BCUT2D eigenvalue weighted by molar-refractivity contribution is 7.92. The first-order valence-electron chi connectivity index (χ1n) is 10.2. The molecule has 162 valence electrons. The van der Waals surface area contributed by atoms with Crippen molar-refractivity contribution >= 4 is 32.4 Å². The third-order valence-corrected chi connectivity index (χ3v) is 8.34. The number of aliphatic carboxylic acids is 1. The lowest BCUT2D eigenvalue weighted by Crippen LogP contribution is -2.55. The number of fused-ring (bicyclic) bond motifs is 1. The van der Waals surface area contributed by atoms with Gasteiger partial charge in [0.1, 0.15) is 0 Å². The van der Waals surface area contributed by atoms with Gasteiger partial charge in [0.2, 0.25) is 0 Å². The minimum atomic E-state index is -3.98. The van der Waals surface area contributed by atoms with Crippen molar-refractivity contribution in [3.63, 3.8) is 0 Å². The smallest absolute Gasteiger partial charge is 0.305 e. The summed E-state index contributed by atoms with van der Waals surface area (Å²) in [5.74, 6) is -2.23. The maximum atomic E-state index is 13.8. The van der Waals surface area contributed by atoms with E-state index in [4.69, 9.17) is 16.6 Å². The molecule has 1 aliphatic carbocycles. The van der Waals surface area contributed by atoms with E-state index in [0.717, 1.165) is 24.6 Å². The number of carboxylic acid groups (broad SMARTS) is 1. The number of carboxylic acids is 1. The quantitative estimate of drug-likeness (QED) is 0.581. The Morgan fingerprint density at radius 3 is 2.30 bits per heavy atom. The van der Waals surface area contributed by atoms with Crippen molar-refractivity contribution in [3.05, 3.63) is 42.5 Å². The second-order valence-electron chi connectivity index (χ2n) is 8.02. The molecule has 7 nitrogen and oxygen atoms in total. The molecule has 30 heavy (non-hydrogen) atoms. The summed E-state index contributed by atoms with van der Waals surface area (Å²) in [4.78, 5) is 24.0. The normalized spacial score (nSPS) is 18.6. The molecule has 1 saturated carbocycles. The predicted molar refractivity (Wildman–Crippen MR) is 115 cm³/mol. The van der Waals surface area contributed by atoms with Gasteiger partial charge in [0, 0.05) is 5.39 Å². The van der Waals surface area contributed by atoms with Crippen LogP contribution in [0.3, 0.4) is 0 Å². The van der Waals surface area contributed by atoms with Crippen molar-refractivity contribution in [3.8, 4) is 0 Å². The van der Waals surface area contributed by atoms with E-state index in [1.54, 1.807) is 24.3 Å². The van der Waals surface area contributed by atoms with Gasteiger partial charge >= 0.3 is 5.97 Å². The first kappa shape index (κ1) is 22.4. The number of nitrogens with two attached hydrogens (primary N) is 2. The number of Topliss-reactive ketones (excluding diaryl/α,β-unsaturated/α-hetero) is 1. The summed E-state index contributed by atoms with van der Waals surface area (Å²) < 4.78 is 27.7. The number of hydrogen-bond donors (Lipinski definition) is 3. The molecule has 3 atom stereocenters. The summed E-state index contributed by atoms with van der Waals surface area (Å²) in [5, 5.41) is 9.18. The van der Waals surface area contributed by atoms with Crippen LogP contribution in [0.15, 0.2) is 47.4 Å². The van der Waals surface area contributed by atoms with Gasteiger partial charge in [-0.25, -0.2) is 8.42 Å². The monoisotopic (exact) mass is 432 g/mol. The van der Waals surface area contributed by atoms with E-state index >= 15 is 0 Å². The van der Waals surface area contributed by atoms with E-state index in [2.05, 4.69) is 0 Å². The van der Waals surface area contributed by atoms with Crippen LogP contribution in [-0.4, -0.2) is 42.6 Å². The molecule has 0 heterocycles. The summed E-state index contributed by atoms with van der Waals surface area (Å²) in [6.45, 7) is 0. The average molecular weight is 433 g/mol. The second kappa shape index (κ2) is 9.24. The SMILES string of the molecule is NC(C(=O)[C@@H](N)CC(=O)O)C(C1CCCCC1)S(=O)(=O)c1cccc2ccccc12. The van der Waals surface area contributed by atoms with Gasteiger partial charge in [-0.1, -0.05) is 55.7 Å². The Balaban J connectivity index is 2.07. The van der Waals surface area contributed by atoms with Crippen molar-refractivity contribution in [1.82, 2.24) is 0 Å². The zero-order valence-electron chi connectivity index (χ0n) is 16.7. The summed E-state index contributed by atoms with van der Waals surface area (Å²) in [6, 6.07) is 9.50. The van der Waals surface area contributed by atoms with Gasteiger partial charge in [0.25, 0.3) is 0 Å². The molecule has 8 heteroatoms. The Morgan fingerprint density at radius 2 is 1.63 bits per heavy atom. The number of carbonyl (C=O) groups is 2. The molecule has 1 aliphatic rings. The van der Waals surface area contributed by atoms with Crippen LogP contribution >= 0.6 is 0 Å². The summed E-state index contributed by atoms with van der Waals surface area (Å²) in [7, 11) is -3.98. The molecule has 0 radical (unpaired) electrons. The fraction of sp³-hybridized carbons (Fsp3) is 0.455. The Labute approximate surface area is 176 Å². The van der Waals surface area contributed by atoms with Crippen LogP contribution in [0.1, 0.15) is 38.5 Å². The highest BCUT2D eigenvalue weighted by atomic mass is 32.2. The van der Waals surface area contributed by atoms with Crippen LogP contribution in [0, 0.1) is 5.92 Å². The largest absolute Gasteiger partial charge is 0.481 e. The van der Waals surface area contributed by atoms with E-state index in [0.29, 0.717) is 18.2 Å². The Hall–Kier alpha value is -2.29. The maximum absolute atomic E-state index is 13.8. The first-order valence-corrected chi connectivity index (χ1v) is 11.8. The molecule has 0 spiro atoms. The molecular weight excluding hydrogens is 404 g/mol. The van der Waals surface area contributed by atoms with Gasteiger partial charge < -0.3 is 16.6 Å². The molecular formula is C22H28N2O5S. The van der Waals surface area contributed by atoms with Gasteiger partial charge in [-0.2, -0.15) is 0 Å². The second-order valence-corrected chi connectivity index (χ2v) is 10.1. The van der Waals surface area contributed by atoms with Crippen LogP contribution in [-0.2, 0) is 19.4 Å². The molecule has 0 bridgehead atoms. The van der Waals surface area contributed by atoms with E-state index in [-0.39, 0.29) is 10.8 Å². The molecule has 3 rings (SSSR count). The summed E-state index contributed by atoms with van der Waals surface area (Å²) in [5.41, 5.74) is 12.0. The summed E-state index contributed by atoms with van der Waals surface area (Å²) in [6.07, 6.45) is 3.48. The van der Waals surface area contributed by atoms with Crippen LogP contribution in [0.5, 0.6) is 0 Å². The number of rotatable bonds is 8. The van der Waals surface area contributed by atoms with Crippen LogP contribution in [0.25, 0.3) is 10.8 Å². The lowest BCUT2D eigenvalue weighted by molar-refractivity contribution is -0.139. The van der Waals surface area contributed by atoms with E-state index in [1.807, 2.05) is 18.2 Å². The van der Waals surface area contributed by atoms with Gasteiger partial charge in [-0.15, -0.1) is 0 Å². The molecule has 2 aromatic rings. The van der Waals surface area contributed by atoms with Gasteiger partial charge in [0.05, 0.1) is 28.6 Å². The third kappa shape index (κ3) is 4.55. The molecule has 5 N–H and O–H groups in total. The zero-order valence-corrected chi connectivity index (χ0v) is 17.6. The lowest BCUT2D eigenvalue weighted by Gasteiger charge is -2.34. The fourth-order valence-corrected chi connectivity index (χ4v) is 6.84. The topological polar surface area (TPSA) is 141 Å². The molecule has 2 aromatic carbocycles. The lowest BCUT2D eigenvalue weighted by atomic mass is 9.83. The van der Waals surface area contributed by atoms with Gasteiger partial charge in [-0.3, -0.25) is 9.59 Å². The van der Waals surface area contributed by atoms with Crippen molar-refractivity contribution in [1.29, 1.82) is 0 Å².